The summed E-state index contributed by atoms with van der Waals surface area (Å²) in [5.74, 6) is 1.63. The molecule has 0 aliphatic carbocycles. The SMILES string of the molecule is CSc1c(N)nsc1N(C)Cc1nccn1C. The minimum absolute atomic E-state index is 0.615. The van der Waals surface area contributed by atoms with Crippen molar-refractivity contribution < 1.29 is 0 Å². The van der Waals surface area contributed by atoms with E-state index in [4.69, 9.17) is 5.73 Å². The lowest BCUT2D eigenvalue weighted by molar-refractivity contribution is 0.762. The zero-order valence-electron chi connectivity index (χ0n) is 10.0. The molecule has 0 saturated carbocycles. The number of hydrogen-bond acceptors (Lipinski definition) is 6. The number of hydrogen-bond donors (Lipinski definition) is 1. The Bertz CT molecular complexity index is 505. The summed E-state index contributed by atoms with van der Waals surface area (Å²) in [6.07, 6.45) is 5.76. The van der Waals surface area contributed by atoms with Gasteiger partial charge >= 0.3 is 0 Å². The van der Waals surface area contributed by atoms with E-state index in [0.717, 1.165) is 22.3 Å². The van der Waals surface area contributed by atoms with Gasteiger partial charge < -0.3 is 15.2 Å². The zero-order valence-corrected chi connectivity index (χ0v) is 11.7. The maximum atomic E-state index is 5.82. The van der Waals surface area contributed by atoms with E-state index in [1.54, 1.807) is 18.0 Å². The fourth-order valence-corrected chi connectivity index (χ4v) is 3.22. The molecule has 0 fully saturated rings. The molecule has 0 saturated heterocycles. The Labute approximate surface area is 109 Å². The molecule has 5 nitrogen and oxygen atoms in total. The topological polar surface area (TPSA) is 60.0 Å². The highest BCUT2D eigenvalue weighted by Gasteiger charge is 2.15. The molecule has 2 aromatic rings. The number of anilines is 2. The number of aryl methyl sites for hydroxylation is 1. The highest BCUT2D eigenvalue weighted by atomic mass is 32.2. The number of nitrogens with zero attached hydrogens (tertiary/aromatic N) is 4. The normalized spacial score (nSPS) is 10.8. The van der Waals surface area contributed by atoms with Crippen LogP contribution in [0.1, 0.15) is 5.82 Å². The van der Waals surface area contributed by atoms with Crippen molar-refractivity contribution in [2.24, 2.45) is 7.05 Å². The fourth-order valence-electron chi connectivity index (χ4n) is 1.55. The largest absolute Gasteiger partial charge is 0.382 e. The quantitative estimate of drug-likeness (QED) is 0.858. The van der Waals surface area contributed by atoms with Gasteiger partial charge in [-0.3, -0.25) is 0 Å². The second kappa shape index (κ2) is 4.97. The Morgan fingerprint density at radius 3 is 2.94 bits per heavy atom. The molecule has 0 spiro atoms. The van der Waals surface area contributed by atoms with Crippen molar-refractivity contribution in [3.63, 3.8) is 0 Å². The molecule has 2 N–H and O–H groups in total. The van der Waals surface area contributed by atoms with E-state index in [-0.39, 0.29) is 0 Å². The predicted octanol–water partition coefficient (Wildman–Crippen LogP) is 1.82. The minimum atomic E-state index is 0.615. The summed E-state index contributed by atoms with van der Waals surface area (Å²) in [4.78, 5) is 7.49. The van der Waals surface area contributed by atoms with E-state index in [9.17, 15) is 0 Å². The minimum Gasteiger partial charge on any atom is -0.382 e. The molecule has 0 aliphatic heterocycles. The van der Waals surface area contributed by atoms with Crippen LogP contribution in [-0.4, -0.2) is 27.2 Å². The van der Waals surface area contributed by atoms with Crippen molar-refractivity contribution in [1.29, 1.82) is 0 Å². The summed E-state index contributed by atoms with van der Waals surface area (Å²) >= 11 is 3.06. The third-order valence-corrected chi connectivity index (χ3v) is 4.42. The number of aromatic nitrogens is 3. The fraction of sp³-hybridized carbons (Fsp3) is 0.400. The summed E-state index contributed by atoms with van der Waals surface area (Å²) < 4.78 is 6.20. The Morgan fingerprint density at radius 2 is 2.35 bits per heavy atom. The highest BCUT2D eigenvalue weighted by molar-refractivity contribution is 7.99. The molecule has 0 atom stereocenters. The van der Waals surface area contributed by atoms with Gasteiger partial charge in [-0.2, -0.15) is 4.37 Å². The van der Waals surface area contributed by atoms with E-state index >= 15 is 0 Å². The first kappa shape index (κ1) is 12.3. The van der Waals surface area contributed by atoms with E-state index < -0.39 is 0 Å². The average Bonchev–Trinajstić information content (AvgIpc) is 2.86. The molecule has 0 amide bonds. The lowest BCUT2D eigenvalue weighted by atomic mass is 10.5. The average molecular weight is 269 g/mol. The summed E-state index contributed by atoms with van der Waals surface area (Å²) in [7, 11) is 4.02. The molecule has 2 rings (SSSR count). The van der Waals surface area contributed by atoms with Crippen LogP contribution in [0, 0.1) is 0 Å². The Hall–Kier alpha value is -1.21. The lowest BCUT2D eigenvalue weighted by Gasteiger charge is -2.17. The molecule has 17 heavy (non-hydrogen) atoms. The molecular formula is C10H15N5S2. The standard InChI is InChI=1S/C10H15N5S2/c1-14-5-4-12-7(14)6-15(2)10-8(16-3)9(11)13-17-10/h4-5H,6H2,1-3H3,(H2,11,13). The zero-order chi connectivity index (χ0) is 12.4. The number of imidazole rings is 1. The number of nitrogen functional groups attached to an aromatic ring is 1. The first-order valence-electron chi connectivity index (χ1n) is 5.10. The van der Waals surface area contributed by atoms with Crippen LogP contribution in [0.25, 0.3) is 0 Å². The van der Waals surface area contributed by atoms with Crippen molar-refractivity contribution in [2.45, 2.75) is 11.4 Å². The lowest BCUT2D eigenvalue weighted by Crippen LogP contribution is -2.18. The molecule has 2 heterocycles. The third-order valence-electron chi connectivity index (χ3n) is 2.51. The maximum absolute atomic E-state index is 5.82. The van der Waals surface area contributed by atoms with Crippen LogP contribution in [0.5, 0.6) is 0 Å². The maximum Gasteiger partial charge on any atom is 0.153 e. The Kier molecular flexibility index (Phi) is 3.58. The summed E-state index contributed by atoms with van der Waals surface area (Å²) in [5.41, 5.74) is 5.82. The van der Waals surface area contributed by atoms with Gasteiger partial charge in [0.25, 0.3) is 0 Å². The second-order valence-electron chi connectivity index (χ2n) is 3.72. The third kappa shape index (κ3) is 2.39. The summed E-state index contributed by atoms with van der Waals surface area (Å²) in [5, 5.41) is 1.10. The number of thioether (sulfide) groups is 1. The molecule has 0 bridgehead atoms. The van der Waals surface area contributed by atoms with Crippen LogP contribution in [0.15, 0.2) is 17.3 Å². The Morgan fingerprint density at radius 1 is 1.59 bits per heavy atom. The van der Waals surface area contributed by atoms with E-state index in [1.165, 1.54) is 11.5 Å². The summed E-state index contributed by atoms with van der Waals surface area (Å²) in [6.45, 7) is 0.749. The number of rotatable bonds is 4. The predicted molar refractivity (Wildman–Crippen MR) is 73.6 cm³/mol. The van der Waals surface area contributed by atoms with E-state index in [0.29, 0.717) is 5.82 Å². The Balaban J connectivity index is 2.20. The van der Waals surface area contributed by atoms with Gasteiger partial charge in [0.2, 0.25) is 0 Å². The van der Waals surface area contributed by atoms with Gasteiger partial charge in [-0.05, 0) is 17.8 Å². The highest BCUT2D eigenvalue weighted by Crippen LogP contribution is 2.37. The van der Waals surface area contributed by atoms with Crippen molar-refractivity contribution in [3.8, 4) is 0 Å². The van der Waals surface area contributed by atoms with Gasteiger partial charge in [-0.25, -0.2) is 4.98 Å². The van der Waals surface area contributed by atoms with Crippen molar-refractivity contribution in [2.75, 3.05) is 23.9 Å². The van der Waals surface area contributed by atoms with Gasteiger partial charge in [0.15, 0.2) is 5.82 Å². The van der Waals surface area contributed by atoms with Crippen LogP contribution in [-0.2, 0) is 13.6 Å². The molecule has 0 unspecified atom stereocenters. The first-order chi connectivity index (χ1) is 8.13. The van der Waals surface area contributed by atoms with Gasteiger partial charge in [0.1, 0.15) is 10.8 Å². The van der Waals surface area contributed by atoms with Crippen molar-refractivity contribution in [1.82, 2.24) is 13.9 Å². The van der Waals surface area contributed by atoms with Crippen LogP contribution < -0.4 is 10.6 Å². The number of nitrogens with two attached hydrogens (primary N) is 1. The van der Waals surface area contributed by atoms with E-state index in [2.05, 4.69) is 14.3 Å². The van der Waals surface area contributed by atoms with Crippen LogP contribution in [0.3, 0.4) is 0 Å². The van der Waals surface area contributed by atoms with Gasteiger partial charge in [-0.1, -0.05) is 0 Å². The molecule has 7 heteroatoms. The van der Waals surface area contributed by atoms with Crippen molar-refractivity contribution >= 4 is 34.1 Å². The molecule has 2 aromatic heterocycles. The van der Waals surface area contributed by atoms with E-state index in [1.807, 2.05) is 31.1 Å². The second-order valence-corrected chi connectivity index (χ2v) is 5.28. The van der Waals surface area contributed by atoms with Gasteiger partial charge in [0, 0.05) is 26.5 Å². The first-order valence-corrected chi connectivity index (χ1v) is 7.09. The molecule has 0 radical (unpaired) electrons. The van der Waals surface area contributed by atoms with Crippen molar-refractivity contribution in [3.05, 3.63) is 18.2 Å². The summed E-state index contributed by atoms with van der Waals surface area (Å²) in [6, 6.07) is 0. The molecule has 92 valence electrons. The van der Waals surface area contributed by atoms with Crippen LogP contribution in [0.4, 0.5) is 10.8 Å². The van der Waals surface area contributed by atoms with Crippen LogP contribution >= 0.6 is 23.3 Å². The molecule has 0 aromatic carbocycles. The van der Waals surface area contributed by atoms with Gasteiger partial charge in [0.05, 0.1) is 11.4 Å². The van der Waals surface area contributed by atoms with Crippen LogP contribution in [0.2, 0.25) is 0 Å². The smallest absolute Gasteiger partial charge is 0.153 e. The monoisotopic (exact) mass is 269 g/mol. The molecule has 0 aliphatic rings. The van der Waals surface area contributed by atoms with Gasteiger partial charge in [-0.15, -0.1) is 11.8 Å². The molecular weight excluding hydrogens is 254 g/mol.